The van der Waals surface area contributed by atoms with Gasteiger partial charge in [0.25, 0.3) is 17.8 Å². The van der Waals surface area contributed by atoms with E-state index in [2.05, 4.69) is 10.1 Å². The minimum absolute atomic E-state index is 0.0103. The summed E-state index contributed by atoms with van der Waals surface area (Å²) in [6.45, 7) is 1.44. The third-order valence-corrected chi connectivity index (χ3v) is 8.58. The van der Waals surface area contributed by atoms with E-state index < -0.39 is 45.4 Å². The molecule has 45 heavy (non-hydrogen) atoms. The van der Waals surface area contributed by atoms with Crippen molar-refractivity contribution in [3.05, 3.63) is 106 Å². The van der Waals surface area contributed by atoms with Gasteiger partial charge in [0.15, 0.2) is 9.84 Å². The highest BCUT2D eigenvalue weighted by Crippen LogP contribution is 2.45. The van der Waals surface area contributed by atoms with Crippen molar-refractivity contribution in [3.8, 4) is 12.1 Å². The van der Waals surface area contributed by atoms with Crippen molar-refractivity contribution in [3.63, 3.8) is 0 Å². The molecule has 0 N–H and O–H groups in total. The van der Waals surface area contributed by atoms with Crippen LogP contribution in [0.4, 0.5) is 30.8 Å². The monoisotopic (exact) mass is 629 g/mol. The number of allylic oxidation sites excluding steroid dienone is 2. The fourth-order valence-electron chi connectivity index (χ4n) is 5.40. The fourth-order valence-corrected chi connectivity index (χ4v) is 6.35. The minimum Gasteiger partial charge on any atom is -0.282 e. The number of hydrogen-bond acceptors (Lipinski definition) is 9. The highest BCUT2D eigenvalue weighted by Gasteiger charge is 2.43. The molecule has 3 aromatic carbocycles. The molecule has 15 heteroatoms. The second-order valence-electron chi connectivity index (χ2n) is 10.2. The SMILES string of the molecule is CC1=C(C#N)[C@@H](c2ccc(C#N)cc2S(C)(=O)=O)n2nc(N3C(=O)c4ccccc4C3=O)nc2N1c1cccc(C(F)(F)F)c1. The minimum atomic E-state index is -4.71. The predicted octanol–water partition coefficient (Wildman–Crippen LogP) is 4.91. The van der Waals surface area contributed by atoms with Gasteiger partial charge in [-0.15, -0.1) is 5.10 Å². The largest absolute Gasteiger partial charge is 0.416 e. The van der Waals surface area contributed by atoms with E-state index >= 15 is 0 Å². The number of carbonyl (C=O) groups is 2. The second-order valence-corrected chi connectivity index (χ2v) is 12.2. The van der Waals surface area contributed by atoms with Gasteiger partial charge in [0.2, 0.25) is 5.95 Å². The zero-order chi connectivity index (χ0) is 32.4. The molecule has 224 valence electrons. The summed E-state index contributed by atoms with van der Waals surface area (Å²) in [5, 5.41) is 24.2. The molecule has 6 rings (SSSR count). The van der Waals surface area contributed by atoms with Crippen molar-refractivity contribution in [2.24, 2.45) is 0 Å². The van der Waals surface area contributed by atoms with E-state index in [0.29, 0.717) is 4.90 Å². The van der Waals surface area contributed by atoms with Crippen molar-refractivity contribution < 1.29 is 31.2 Å². The van der Waals surface area contributed by atoms with E-state index in [0.717, 1.165) is 35.2 Å². The Morgan fingerprint density at radius 3 is 2.13 bits per heavy atom. The molecular formula is C30H18F3N7O4S. The van der Waals surface area contributed by atoms with E-state index in [1.807, 2.05) is 12.1 Å². The molecule has 4 aromatic rings. The van der Waals surface area contributed by atoms with Crippen LogP contribution in [0.3, 0.4) is 0 Å². The zero-order valence-corrected chi connectivity index (χ0v) is 24.1. The third-order valence-electron chi connectivity index (χ3n) is 7.43. The van der Waals surface area contributed by atoms with Crippen molar-refractivity contribution in [1.82, 2.24) is 14.8 Å². The molecule has 0 saturated heterocycles. The molecule has 3 heterocycles. The molecule has 2 aliphatic rings. The molecule has 0 saturated carbocycles. The first-order valence-corrected chi connectivity index (χ1v) is 14.9. The topological polar surface area (TPSA) is 153 Å². The summed E-state index contributed by atoms with van der Waals surface area (Å²) < 4.78 is 68.1. The molecule has 0 aliphatic carbocycles. The van der Waals surface area contributed by atoms with Crippen LogP contribution in [0.5, 0.6) is 0 Å². The number of nitrogens with zero attached hydrogens (tertiary/aromatic N) is 7. The zero-order valence-electron chi connectivity index (χ0n) is 23.2. The van der Waals surface area contributed by atoms with E-state index in [9.17, 15) is 41.7 Å². The first-order valence-electron chi connectivity index (χ1n) is 13.0. The molecule has 0 bridgehead atoms. The summed E-state index contributed by atoms with van der Waals surface area (Å²) in [7, 11) is -4.02. The number of nitriles is 2. The number of imide groups is 1. The first kappa shape index (κ1) is 29.3. The molecule has 1 atom stereocenters. The lowest BCUT2D eigenvalue weighted by Gasteiger charge is -2.34. The van der Waals surface area contributed by atoms with Gasteiger partial charge >= 0.3 is 6.18 Å². The summed E-state index contributed by atoms with van der Waals surface area (Å²) in [4.78, 5) is 32.7. The maximum absolute atomic E-state index is 13.7. The lowest BCUT2D eigenvalue weighted by molar-refractivity contribution is -0.137. The summed E-state index contributed by atoms with van der Waals surface area (Å²) >= 11 is 0. The van der Waals surface area contributed by atoms with Crippen molar-refractivity contribution in [1.29, 1.82) is 10.5 Å². The number of amides is 2. The Morgan fingerprint density at radius 2 is 1.56 bits per heavy atom. The maximum atomic E-state index is 13.7. The van der Waals surface area contributed by atoms with E-state index in [1.54, 1.807) is 12.1 Å². The average Bonchev–Trinajstić information content (AvgIpc) is 3.53. The van der Waals surface area contributed by atoms with Crippen LogP contribution in [-0.2, 0) is 16.0 Å². The number of alkyl halides is 3. The predicted molar refractivity (Wildman–Crippen MR) is 152 cm³/mol. The first-order chi connectivity index (χ1) is 21.3. The number of anilines is 3. The van der Waals surface area contributed by atoms with Gasteiger partial charge < -0.3 is 0 Å². The normalized spacial score (nSPS) is 16.4. The number of sulfone groups is 1. The average molecular weight is 630 g/mol. The second kappa shape index (κ2) is 10.1. The van der Waals surface area contributed by atoms with Crippen LogP contribution in [0.1, 0.15) is 50.4 Å². The van der Waals surface area contributed by atoms with Crippen molar-refractivity contribution in [2.45, 2.75) is 24.0 Å². The molecular weight excluding hydrogens is 611 g/mol. The number of benzene rings is 3. The number of halogens is 3. The molecule has 2 amide bonds. The molecule has 1 aromatic heterocycles. The Labute approximate surface area is 253 Å². The van der Waals surface area contributed by atoms with Gasteiger partial charge in [0.1, 0.15) is 6.04 Å². The lowest BCUT2D eigenvalue weighted by atomic mass is 9.95. The van der Waals surface area contributed by atoms with E-state index in [4.69, 9.17) is 0 Å². The van der Waals surface area contributed by atoms with Crippen LogP contribution in [0, 0.1) is 22.7 Å². The van der Waals surface area contributed by atoms with Crippen LogP contribution in [-0.4, -0.2) is 41.3 Å². The summed E-state index contributed by atoms with van der Waals surface area (Å²) in [5.41, 5.74) is -0.903. The van der Waals surface area contributed by atoms with E-state index in [-0.39, 0.29) is 50.1 Å². The van der Waals surface area contributed by atoms with Crippen LogP contribution in [0.2, 0.25) is 0 Å². The summed E-state index contributed by atoms with van der Waals surface area (Å²) in [6.07, 6.45) is -3.80. The Kier molecular flexibility index (Phi) is 6.60. The Morgan fingerprint density at radius 1 is 0.889 bits per heavy atom. The quantitative estimate of drug-likeness (QED) is 0.287. The smallest absolute Gasteiger partial charge is 0.282 e. The van der Waals surface area contributed by atoms with Gasteiger partial charge in [-0.2, -0.15) is 28.7 Å². The van der Waals surface area contributed by atoms with Gasteiger partial charge in [-0.3, -0.25) is 14.5 Å². The maximum Gasteiger partial charge on any atom is 0.416 e. The standard InChI is InChI=1S/C30H18F3N7O4S/c1-16-23(15-35)25(22-11-10-17(14-34)12-24(22)45(2,43)44)40-29(38(16)19-7-5-6-18(13-19)30(31,32)33)36-28(37-40)39-26(41)20-8-3-4-9-21(20)27(39)42/h3-13,25H,1-2H3/t25-/m1/s1. The van der Waals surface area contributed by atoms with Gasteiger partial charge in [0, 0.05) is 23.2 Å². The Balaban J connectivity index is 1.64. The molecule has 0 radical (unpaired) electrons. The third kappa shape index (κ3) is 4.61. The van der Waals surface area contributed by atoms with Gasteiger partial charge in [0.05, 0.1) is 44.9 Å². The van der Waals surface area contributed by atoms with Crippen LogP contribution in [0.25, 0.3) is 0 Å². The number of fused-ring (bicyclic) bond motifs is 2. The number of carbonyl (C=O) groups excluding carboxylic acids is 2. The molecule has 0 unspecified atom stereocenters. The van der Waals surface area contributed by atoms with Crippen LogP contribution in [0.15, 0.2) is 82.9 Å². The number of hydrogen-bond donors (Lipinski definition) is 0. The van der Waals surface area contributed by atoms with Gasteiger partial charge in [-0.05, 0) is 49.4 Å². The summed E-state index contributed by atoms with van der Waals surface area (Å²) in [5.74, 6) is -2.15. The fraction of sp³-hybridized carbons (Fsp3) is 0.133. The van der Waals surface area contributed by atoms with Crippen LogP contribution >= 0.6 is 0 Å². The van der Waals surface area contributed by atoms with Crippen LogP contribution < -0.4 is 9.80 Å². The molecule has 0 spiro atoms. The Bertz CT molecular complexity index is 2160. The lowest BCUT2D eigenvalue weighted by Crippen LogP contribution is -2.32. The van der Waals surface area contributed by atoms with Crippen molar-refractivity contribution >= 4 is 39.2 Å². The molecule has 11 nitrogen and oxygen atoms in total. The Hall–Kier alpha value is -5.80. The molecule has 0 fully saturated rings. The van der Waals surface area contributed by atoms with Crippen molar-refractivity contribution in [2.75, 3.05) is 16.1 Å². The summed E-state index contributed by atoms with van der Waals surface area (Å²) in [6, 6.07) is 16.6. The number of aromatic nitrogens is 3. The highest BCUT2D eigenvalue weighted by atomic mass is 32.2. The van der Waals surface area contributed by atoms with E-state index in [1.165, 1.54) is 42.2 Å². The number of rotatable bonds is 4. The van der Waals surface area contributed by atoms with Gasteiger partial charge in [-0.25, -0.2) is 18.0 Å². The molecule has 2 aliphatic heterocycles. The van der Waals surface area contributed by atoms with Gasteiger partial charge in [-0.1, -0.05) is 24.3 Å². The highest BCUT2D eigenvalue weighted by molar-refractivity contribution is 7.90.